The van der Waals surface area contributed by atoms with Gasteiger partial charge in [0, 0.05) is 26.2 Å². The van der Waals surface area contributed by atoms with Gasteiger partial charge in [0.1, 0.15) is 6.07 Å². The maximum Gasteiger partial charge on any atom is 0.352 e. The second-order valence-electron chi connectivity index (χ2n) is 6.61. The Morgan fingerprint density at radius 2 is 2.13 bits per heavy atom. The number of nitrogens with zero attached hydrogens (tertiary/aromatic N) is 6. The Morgan fingerprint density at radius 1 is 1.32 bits per heavy atom. The van der Waals surface area contributed by atoms with Gasteiger partial charge >= 0.3 is 5.97 Å². The Labute approximate surface area is 181 Å². The molecule has 160 valence electrons. The van der Waals surface area contributed by atoms with Gasteiger partial charge < -0.3 is 23.4 Å². The van der Waals surface area contributed by atoms with Crippen molar-refractivity contribution >= 4 is 29.3 Å². The van der Waals surface area contributed by atoms with Crippen LogP contribution in [-0.2, 0) is 16.0 Å². The van der Waals surface area contributed by atoms with Crippen LogP contribution in [0.3, 0.4) is 0 Å². The third-order valence-corrected chi connectivity index (χ3v) is 5.52. The minimum atomic E-state index is -0.593. The van der Waals surface area contributed by atoms with Gasteiger partial charge in [0.15, 0.2) is 17.2 Å². The highest BCUT2D eigenvalue weighted by Crippen LogP contribution is 2.29. The third-order valence-electron chi connectivity index (χ3n) is 4.77. The third kappa shape index (κ3) is 4.26. The van der Waals surface area contributed by atoms with Gasteiger partial charge in [0.25, 0.3) is 11.8 Å². The molecule has 0 unspecified atom stereocenters. The van der Waals surface area contributed by atoms with Crippen molar-refractivity contribution in [3.05, 3.63) is 34.7 Å². The second-order valence-corrected chi connectivity index (χ2v) is 7.36. The van der Waals surface area contributed by atoms with E-state index < -0.39 is 5.97 Å². The largest absolute Gasteiger partial charge is 0.459 e. The van der Waals surface area contributed by atoms with Crippen molar-refractivity contribution < 1.29 is 23.2 Å². The molecule has 0 radical (unpaired) electrons. The number of ether oxygens (including phenoxy) is 1. The molecule has 0 bridgehead atoms. The van der Waals surface area contributed by atoms with Crippen LogP contribution < -0.4 is 4.90 Å². The molecule has 4 heterocycles. The number of carbonyl (C=O) groups excluding carboxylic acids is 2. The fourth-order valence-corrected chi connectivity index (χ4v) is 3.79. The summed E-state index contributed by atoms with van der Waals surface area (Å²) in [6.07, 6.45) is 2.06. The van der Waals surface area contributed by atoms with Gasteiger partial charge in [-0.2, -0.15) is 10.2 Å². The second kappa shape index (κ2) is 8.97. The highest BCUT2D eigenvalue weighted by molar-refractivity contribution is 7.07. The molecule has 4 rings (SSSR count). The first-order chi connectivity index (χ1) is 15.1. The van der Waals surface area contributed by atoms with Crippen LogP contribution in [0, 0.1) is 11.3 Å². The zero-order valence-electron chi connectivity index (χ0n) is 16.6. The van der Waals surface area contributed by atoms with Gasteiger partial charge in [-0.25, -0.2) is 4.79 Å². The maximum absolute atomic E-state index is 12.5. The molecule has 11 nitrogen and oxygen atoms in total. The van der Waals surface area contributed by atoms with E-state index in [4.69, 9.17) is 13.6 Å². The van der Waals surface area contributed by atoms with Crippen molar-refractivity contribution in [2.45, 2.75) is 13.3 Å². The summed E-state index contributed by atoms with van der Waals surface area (Å²) in [6, 6.07) is 5.43. The lowest BCUT2D eigenvalue weighted by atomic mass is 10.3. The van der Waals surface area contributed by atoms with Crippen LogP contribution in [-0.4, -0.2) is 64.1 Å². The summed E-state index contributed by atoms with van der Waals surface area (Å²) in [5, 5.41) is 13.3. The van der Waals surface area contributed by atoms with Gasteiger partial charge in [0.2, 0.25) is 11.6 Å². The van der Waals surface area contributed by atoms with E-state index in [9.17, 15) is 14.9 Å². The first-order valence-corrected chi connectivity index (χ1v) is 10.3. The first kappa shape index (κ1) is 20.5. The van der Waals surface area contributed by atoms with Gasteiger partial charge in [-0.05, 0) is 30.1 Å². The predicted octanol–water partition coefficient (Wildman–Crippen LogP) is 1.73. The average Bonchev–Trinajstić information content (AvgIpc) is 3.56. The molecule has 0 saturated carbocycles. The molecule has 1 aliphatic heterocycles. The summed E-state index contributed by atoms with van der Waals surface area (Å²) in [5.74, 6) is 0.117. The zero-order valence-corrected chi connectivity index (χ0v) is 17.4. The predicted molar refractivity (Wildman–Crippen MR) is 107 cm³/mol. The van der Waals surface area contributed by atoms with Gasteiger partial charge in [-0.1, -0.05) is 11.4 Å². The number of furan rings is 1. The van der Waals surface area contributed by atoms with Crippen molar-refractivity contribution in [3.8, 4) is 17.7 Å². The number of piperazine rings is 1. The topological polar surface area (TPSA) is 139 Å². The van der Waals surface area contributed by atoms with Crippen LogP contribution in [0.15, 0.2) is 27.2 Å². The van der Waals surface area contributed by atoms with E-state index >= 15 is 0 Å². The molecule has 12 heteroatoms. The molecular weight excluding hydrogens is 424 g/mol. The van der Waals surface area contributed by atoms with Crippen molar-refractivity contribution in [1.29, 1.82) is 5.26 Å². The summed E-state index contributed by atoms with van der Waals surface area (Å²) >= 11 is 0.955. The number of oxazole rings is 1. The zero-order chi connectivity index (χ0) is 21.8. The molecule has 0 aromatic carbocycles. The first-order valence-electron chi connectivity index (χ1n) is 9.56. The molecule has 31 heavy (non-hydrogen) atoms. The fraction of sp³-hybridized carbons (Fsp3) is 0.368. The van der Waals surface area contributed by atoms with Crippen LogP contribution in [0.25, 0.3) is 11.7 Å². The Balaban J connectivity index is 1.33. The van der Waals surface area contributed by atoms with Crippen LogP contribution in [0.4, 0.5) is 5.88 Å². The monoisotopic (exact) mass is 442 g/mol. The fourth-order valence-electron chi connectivity index (χ4n) is 3.14. The molecule has 0 aliphatic carbocycles. The van der Waals surface area contributed by atoms with E-state index in [2.05, 4.69) is 14.6 Å². The van der Waals surface area contributed by atoms with E-state index in [1.54, 1.807) is 17.0 Å². The normalized spacial score (nSPS) is 13.8. The van der Waals surface area contributed by atoms with Gasteiger partial charge in [0.05, 0.1) is 12.0 Å². The van der Waals surface area contributed by atoms with Gasteiger partial charge in [-0.15, -0.1) is 5.10 Å². The number of aryl methyl sites for hydroxylation is 1. The number of carbonyl (C=O) groups is 2. The lowest BCUT2D eigenvalue weighted by molar-refractivity contribution is -0.134. The number of nitriles is 1. The summed E-state index contributed by atoms with van der Waals surface area (Å²) in [4.78, 5) is 32.6. The molecule has 0 spiro atoms. The maximum atomic E-state index is 12.5. The molecule has 1 aliphatic rings. The summed E-state index contributed by atoms with van der Waals surface area (Å²) in [6.45, 7) is 3.18. The van der Waals surface area contributed by atoms with Crippen LogP contribution in [0.2, 0.25) is 0 Å². The highest BCUT2D eigenvalue weighted by atomic mass is 32.1. The van der Waals surface area contributed by atoms with Crippen molar-refractivity contribution in [2.75, 3.05) is 37.7 Å². The SMILES string of the molecule is CCc1nnsc1C(=O)OCC(=O)N1CCN(c2oc(-c3ccco3)nc2C#N)CC1. The Kier molecular flexibility index (Phi) is 5.94. The smallest absolute Gasteiger partial charge is 0.352 e. The molecule has 3 aromatic heterocycles. The van der Waals surface area contributed by atoms with E-state index in [1.807, 2.05) is 17.9 Å². The average molecular weight is 442 g/mol. The summed E-state index contributed by atoms with van der Waals surface area (Å²) in [5.41, 5.74) is 0.718. The number of anilines is 1. The number of aromatic nitrogens is 3. The van der Waals surface area contributed by atoms with E-state index in [-0.39, 0.29) is 24.1 Å². The number of esters is 1. The van der Waals surface area contributed by atoms with Gasteiger partial charge in [-0.3, -0.25) is 4.79 Å². The summed E-state index contributed by atoms with van der Waals surface area (Å²) in [7, 11) is 0. The van der Waals surface area contributed by atoms with E-state index in [0.717, 1.165) is 11.5 Å². The van der Waals surface area contributed by atoms with Crippen molar-refractivity contribution in [1.82, 2.24) is 19.5 Å². The Morgan fingerprint density at radius 3 is 2.81 bits per heavy atom. The number of hydrogen-bond donors (Lipinski definition) is 0. The lowest BCUT2D eigenvalue weighted by Crippen LogP contribution is -2.50. The minimum absolute atomic E-state index is 0.157. The number of rotatable bonds is 6. The molecule has 3 aromatic rings. The molecule has 1 amide bonds. The molecular formula is C19H18N6O5S. The number of hydrogen-bond acceptors (Lipinski definition) is 11. The Bertz CT molecular complexity index is 1110. The van der Waals surface area contributed by atoms with Crippen molar-refractivity contribution in [2.24, 2.45) is 0 Å². The van der Waals surface area contributed by atoms with Crippen LogP contribution >= 0.6 is 11.5 Å². The van der Waals surface area contributed by atoms with E-state index in [1.165, 1.54) is 6.26 Å². The lowest BCUT2D eigenvalue weighted by Gasteiger charge is -2.34. The molecule has 0 N–H and O–H groups in total. The highest BCUT2D eigenvalue weighted by Gasteiger charge is 2.28. The standard InChI is InChI=1S/C19H18N6O5S/c1-2-12-16(31-23-22-12)19(27)29-11-15(26)24-5-7-25(8-6-24)18-13(10-20)21-17(30-18)14-4-3-9-28-14/h3-4,9H,2,5-8,11H2,1H3. The van der Waals surface area contributed by atoms with Crippen LogP contribution in [0.5, 0.6) is 0 Å². The number of amides is 1. The quantitative estimate of drug-likeness (QED) is 0.519. The van der Waals surface area contributed by atoms with Crippen molar-refractivity contribution in [3.63, 3.8) is 0 Å². The molecule has 1 saturated heterocycles. The molecule has 1 fully saturated rings. The minimum Gasteiger partial charge on any atom is -0.459 e. The van der Waals surface area contributed by atoms with Crippen LogP contribution in [0.1, 0.15) is 28.0 Å². The summed E-state index contributed by atoms with van der Waals surface area (Å²) < 4.78 is 19.9. The molecule has 0 atom stereocenters. The Hall–Kier alpha value is -3.72. The van der Waals surface area contributed by atoms with E-state index in [0.29, 0.717) is 54.8 Å².